The monoisotopic (exact) mass is 261 g/mol. The van der Waals surface area contributed by atoms with E-state index in [0.29, 0.717) is 0 Å². The lowest BCUT2D eigenvalue weighted by Gasteiger charge is -2.39. The molecule has 0 aliphatic carbocycles. The van der Waals surface area contributed by atoms with Gasteiger partial charge in [-0.2, -0.15) is 0 Å². The van der Waals surface area contributed by atoms with E-state index < -0.39 is 73.3 Å². The lowest BCUT2D eigenvalue weighted by atomic mass is 9.99. The Balaban J connectivity index is 2.35. The zero-order valence-electron chi connectivity index (χ0n) is 14.2. The van der Waals surface area contributed by atoms with Crippen LogP contribution in [0, 0.1) is 0 Å². The van der Waals surface area contributed by atoms with Gasteiger partial charge in [0.25, 0.3) is 0 Å². The van der Waals surface area contributed by atoms with Crippen molar-refractivity contribution in [3.63, 3.8) is 0 Å². The molecule has 18 heavy (non-hydrogen) atoms. The molecule has 1 aromatic rings. The molecule has 6 heteroatoms. The third kappa shape index (κ3) is 2.63. The summed E-state index contributed by atoms with van der Waals surface area (Å²) in [6.45, 7) is -0.675. The molecule has 0 amide bonds. The van der Waals surface area contributed by atoms with Crippen LogP contribution in [0.5, 0.6) is 5.75 Å². The molecule has 0 spiro atoms. The Morgan fingerprint density at radius 1 is 1.11 bits per heavy atom. The van der Waals surface area contributed by atoms with Crippen LogP contribution in [-0.4, -0.2) is 57.7 Å². The van der Waals surface area contributed by atoms with Gasteiger partial charge in [0.1, 0.15) is 30.2 Å². The maximum absolute atomic E-state index is 9.86. The Morgan fingerprint density at radius 2 is 1.78 bits per heavy atom. The van der Waals surface area contributed by atoms with E-state index in [1.165, 1.54) is 0 Å². The minimum atomic E-state index is -1.74. The molecule has 1 fully saturated rings. The highest BCUT2D eigenvalue weighted by molar-refractivity contribution is 5.21. The molecule has 100 valence electrons. The van der Waals surface area contributed by atoms with Crippen LogP contribution in [0.4, 0.5) is 0 Å². The molecule has 0 saturated carbocycles. The maximum atomic E-state index is 9.86. The molecular formula is C12H16O6. The number of benzene rings is 1. The normalized spacial score (nSPS) is 40.2. The minimum Gasteiger partial charge on any atom is -0.462 e. The van der Waals surface area contributed by atoms with E-state index >= 15 is 0 Å². The van der Waals surface area contributed by atoms with Crippen LogP contribution in [-0.2, 0) is 4.74 Å². The molecule has 0 radical (unpaired) electrons. The molecule has 2 rings (SSSR count). The Labute approximate surface area is 111 Å². The second-order valence-electron chi connectivity index (χ2n) is 3.77. The second-order valence-corrected chi connectivity index (χ2v) is 3.77. The number of ether oxygens (including phenoxy) is 2. The molecule has 1 saturated heterocycles. The largest absolute Gasteiger partial charge is 0.462 e. The summed E-state index contributed by atoms with van der Waals surface area (Å²) in [5, 5.41) is 38.3. The van der Waals surface area contributed by atoms with Crippen molar-refractivity contribution in [1.29, 1.82) is 0 Å². The molecule has 0 aromatic heterocycles. The van der Waals surface area contributed by atoms with Crippen LogP contribution in [0.15, 0.2) is 30.2 Å². The maximum Gasteiger partial charge on any atom is 0.229 e. The number of rotatable bonds is 3. The standard InChI is InChI=1S/C12H16O6/c13-6-8-9(14)10(15)11(16)12(18-8)17-7-4-2-1-3-5-7/h1-5,8-16H,6H2/t8-,9-,10+,11-,12-/m1/s1/i1D,2D,3D,4D,5D. The van der Waals surface area contributed by atoms with Crippen LogP contribution >= 0.6 is 0 Å². The zero-order chi connectivity index (χ0) is 17.5. The molecule has 1 aliphatic heterocycles. The van der Waals surface area contributed by atoms with Gasteiger partial charge in [-0.3, -0.25) is 0 Å². The molecule has 0 unspecified atom stereocenters. The molecule has 4 N–H and O–H groups in total. The van der Waals surface area contributed by atoms with E-state index in [1.807, 2.05) is 0 Å². The summed E-state index contributed by atoms with van der Waals surface area (Å²) < 4.78 is 48.2. The first-order valence-corrected chi connectivity index (χ1v) is 5.24. The minimum absolute atomic E-state index is 0.569. The number of aliphatic hydroxyl groups excluding tert-OH is 4. The van der Waals surface area contributed by atoms with Gasteiger partial charge in [-0.1, -0.05) is 18.1 Å². The molecule has 5 atom stereocenters. The zero-order valence-corrected chi connectivity index (χ0v) is 9.20. The fraction of sp³-hybridized carbons (Fsp3) is 0.500. The molecule has 0 bridgehead atoms. The third-order valence-electron chi connectivity index (χ3n) is 2.56. The molecule has 6 nitrogen and oxygen atoms in total. The fourth-order valence-electron chi connectivity index (χ4n) is 1.58. The van der Waals surface area contributed by atoms with Crippen molar-refractivity contribution in [2.75, 3.05) is 6.61 Å². The Kier molecular flexibility index (Phi) is 2.53. The van der Waals surface area contributed by atoms with Crippen molar-refractivity contribution in [1.82, 2.24) is 0 Å². The highest BCUT2D eigenvalue weighted by Crippen LogP contribution is 2.23. The van der Waals surface area contributed by atoms with Crippen LogP contribution < -0.4 is 4.74 Å². The van der Waals surface area contributed by atoms with Gasteiger partial charge in [0, 0.05) is 0 Å². The van der Waals surface area contributed by atoms with Gasteiger partial charge in [0.05, 0.1) is 13.5 Å². The third-order valence-corrected chi connectivity index (χ3v) is 2.56. The van der Waals surface area contributed by atoms with Gasteiger partial charge in [-0.05, 0) is 12.1 Å². The summed E-state index contributed by atoms with van der Waals surface area (Å²) in [6.07, 6.45) is -7.89. The lowest BCUT2D eigenvalue weighted by molar-refractivity contribution is -0.277. The van der Waals surface area contributed by atoms with E-state index in [4.69, 9.17) is 21.4 Å². The molecule has 1 aromatic carbocycles. The van der Waals surface area contributed by atoms with Gasteiger partial charge in [-0.15, -0.1) is 0 Å². The molecule has 1 heterocycles. The van der Waals surface area contributed by atoms with Gasteiger partial charge in [-0.25, -0.2) is 0 Å². The molecule has 1 aliphatic rings. The van der Waals surface area contributed by atoms with E-state index in [-0.39, 0.29) is 0 Å². The SMILES string of the molecule is [2H]c1c([2H])c([2H])c(O[C@@H]2O[C@H](CO)[C@@H](O)[C@H](O)[C@H]2O)c([2H])c1[2H]. The van der Waals surface area contributed by atoms with E-state index in [2.05, 4.69) is 0 Å². The summed E-state index contributed by atoms with van der Waals surface area (Å²) >= 11 is 0. The number of aliphatic hydroxyl groups is 4. The Morgan fingerprint density at radius 3 is 2.39 bits per heavy atom. The average Bonchev–Trinajstić information content (AvgIpc) is 2.54. The summed E-state index contributed by atoms with van der Waals surface area (Å²) in [7, 11) is 0. The van der Waals surface area contributed by atoms with Crippen molar-refractivity contribution in [2.24, 2.45) is 0 Å². The van der Waals surface area contributed by atoms with E-state index in [0.717, 1.165) is 0 Å². The van der Waals surface area contributed by atoms with E-state index in [1.54, 1.807) is 0 Å². The lowest BCUT2D eigenvalue weighted by Crippen LogP contribution is -2.60. The van der Waals surface area contributed by atoms with Crippen molar-refractivity contribution in [2.45, 2.75) is 30.7 Å². The van der Waals surface area contributed by atoms with Crippen molar-refractivity contribution < 1.29 is 36.8 Å². The van der Waals surface area contributed by atoms with E-state index in [9.17, 15) is 15.3 Å². The number of para-hydroxylation sites is 1. The fourth-order valence-corrected chi connectivity index (χ4v) is 1.58. The second kappa shape index (κ2) is 5.64. The average molecular weight is 261 g/mol. The summed E-state index contributed by atoms with van der Waals surface area (Å²) in [4.78, 5) is 0. The van der Waals surface area contributed by atoms with Gasteiger partial charge >= 0.3 is 0 Å². The first-order valence-electron chi connectivity index (χ1n) is 7.74. The van der Waals surface area contributed by atoms with Gasteiger partial charge in [0.2, 0.25) is 6.29 Å². The topological polar surface area (TPSA) is 99.4 Å². The first-order chi connectivity index (χ1) is 10.7. The van der Waals surface area contributed by atoms with Crippen LogP contribution in [0.3, 0.4) is 0 Å². The highest BCUT2D eigenvalue weighted by Gasteiger charge is 2.44. The Hall–Kier alpha value is -1.18. The quantitative estimate of drug-likeness (QED) is 0.549. The Bertz CT molecular complexity index is 569. The highest BCUT2D eigenvalue weighted by atomic mass is 16.7. The van der Waals surface area contributed by atoms with Crippen LogP contribution in [0.2, 0.25) is 0 Å². The number of hydrogen-bond acceptors (Lipinski definition) is 6. The smallest absolute Gasteiger partial charge is 0.229 e. The van der Waals surface area contributed by atoms with Crippen molar-refractivity contribution >= 4 is 0 Å². The van der Waals surface area contributed by atoms with Crippen molar-refractivity contribution in [3.05, 3.63) is 30.2 Å². The van der Waals surface area contributed by atoms with Crippen molar-refractivity contribution in [3.8, 4) is 5.75 Å². The molecular weight excluding hydrogens is 240 g/mol. The first kappa shape index (κ1) is 8.08. The summed E-state index contributed by atoms with van der Waals surface area (Å²) in [5.74, 6) is -0.569. The van der Waals surface area contributed by atoms with Gasteiger partial charge < -0.3 is 29.9 Å². The summed E-state index contributed by atoms with van der Waals surface area (Å²) in [5.41, 5.74) is 0. The van der Waals surface area contributed by atoms with Crippen LogP contribution in [0.1, 0.15) is 6.85 Å². The van der Waals surface area contributed by atoms with Crippen LogP contribution in [0.25, 0.3) is 0 Å². The predicted molar refractivity (Wildman–Crippen MR) is 60.8 cm³/mol. The number of hydrogen-bond donors (Lipinski definition) is 4. The summed E-state index contributed by atoms with van der Waals surface area (Å²) in [6, 6.07) is -3.17. The van der Waals surface area contributed by atoms with Gasteiger partial charge in [0.15, 0.2) is 0 Å². The predicted octanol–water partition coefficient (Wildman–Crippen LogP) is -1.13.